The predicted octanol–water partition coefficient (Wildman–Crippen LogP) is 2.90. The van der Waals surface area contributed by atoms with Gasteiger partial charge in [0.1, 0.15) is 5.69 Å². The first-order valence-corrected chi connectivity index (χ1v) is 6.62. The van der Waals surface area contributed by atoms with Crippen LogP contribution in [0.5, 0.6) is 0 Å². The van der Waals surface area contributed by atoms with Gasteiger partial charge in [0.2, 0.25) is 0 Å². The number of carbonyl (C=O) groups excluding carboxylic acids is 2. The van der Waals surface area contributed by atoms with Crippen molar-refractivity contribution >= 4 is 39.7 Å². The quantitative estimate of drug-likeness (QED) is 0.512. The van der Waals surface area contributed by atoms with Crippen LogP contribution in [0.3, 0.4) is 0 Å². The molecule has 0 unspecified atom stereocenters. The smallest absolute Gasteiger partial charge is 0.308 e. The fraction of sp³-hybridized carbons (Fsp3) is 0.0833. The van der Waals surface area contributed by atoms with Crippen LogP contribution >= 0.6 is 11.3 Å². The third-order valence-electron chi connectivity index (χ3n) is 2.42. The topological polar surface area (TPSA) is 114 Å². The zero-order chi connectivity index (χ0) is 15.4. The Hall–Kier alpha value is -2.81. The molecule has 0 atom stereocenters. The van der Waals surface area contributed by atoms with Gasteiger partial charge in [-0.1, -0.05) is 0 Å². The van der Waals surface area contributed by atoms with Crippen molar-refractivity contribution in [1.29, 1.82) is 0 Å². The van der Waals surface area contributed by atoms with Crippen LogP contribution in [0.2, 0.25) is 0 Å². The molecular weight excluding hydrogens is 296 g/mol. The first kappa shape index (κ1) is 14.6. The number of benzene rings is 1. The molecule has 1 heterocycles. The summed E-state index contributed by atoms with van der Waals surface area (Å²) in [5, 5.41) is 17.3. The lowest BCUT2D eigenvalue weighted by molar-refractivity contribution is -0.384. The molecule has 8 nitrogen and oxygen atoms in total. The van der Waals surface area contributed by atoms with Crippen LogP contribution < -0.4 is 10.6 Å². The molecule has 2 N–H and O–H groups in total. The van der Waals surface area contributed by atoms with Crippen LogP contribution in [0, 0.1) is 10.1 Å². The van der Waals surface area contributed by atoms with E-state index in [-0.39, 0.29) is 17.2 Å². The minimum absolute atomic E-state index is 0.0630. The predicted molar refractivity (Wildman–Crippen MR) is 77.9 cm³/mol. The number of carbonyl (C=O) groups is 2. The van der Waals surface area contributed by atoms with Gasteiger partial charge < -0.3 is 5.32 Å². The lowest BCUT2D eigenvalue weighted by Crippen LogP contribution is -2.19. The van der Waals surface area contributed by atoms with Crippen molar-refractivity contribution in [2.75, 3.05) is 10.6 Å². The molecule has 9 heteroatoms. The average Bonchev–Trinajstić information content (AvgIpc) is 2.87. The van der Waals surface area contributed by atoms with Gasteiger partial charge in [-0.25, -0.2) is 9.78 Å². The zero-order valence-electron chi connectivity index (χ0n) is 10.8. The molecule has 0 saturated heterocycles. The Balaban J connectivity index is 1.97. The summed E-state index contributed by atoms with van der Waals surface area (Å²) >= 11 is 1.13. The number of hydrogen-bond donors (Lipinski definition) is 2. The van der Waals surface area contributed by atoms with Crippen LogP contribution in [0.15, 0.2) is 29.6 Å². The van der Waals surface area contributed by atoms with Crippen LogP contribution in [0.4, 0.5) is 21.3 Å². The summed E-state index contributed by atoms with van der Waals surface area (Å²) in [6.45, 7) is 1.38. The number of hydrogen-bond acceptors (Lipinski definition) is 6. The van der Waals surface area contributed by atoms with Gasteiger partial charge >= 0.3 is 6.03 Å². The molecule has 21 heavy (non-hydrogen) atoms. The summed E-state index contributed by atoms with van der Waals surface area (Å²) in [7, 11) is 0. The van der Waals surface area contributed by atoms with Crippen molar-refractivity contribution in [1.82, 2.24) is 4.98 Å². The minimum atomic E-state index is -0.548. The van der Waals surface area contributed by atoms with Crippen LogP contribution in [0.1, 0.15) is 17.4 Å². The van der Waals surface area contributed by atoms with Crippen molar-refractivity contribution in [2.45, 2.75) is 6.92 Å². The summed E-state index contributed by atoms with van der Waals surface area (Å²) in [5.74, 6) is -0.185. The molecular formula is C12H10N4O4S. The van der Waals surface area contributed by atoms with Crippen LogP contribution in [0.25, 0.3) is 0 Å². The highest BCUT2D eigenvalue weighted by molar-refractivity contribution is 7.14. The Bertz CT molecular complexity index is 696. The van der Waals surface area contributed by atoms with E-state index in [1.807, 2.05) is 0 Å². The van der Waals surface area contributed by atoms with E-state index in [0.717, 1.165) is 11.3 Å². The lowest BCUT2D eigenvalue weighted by Gasteiger charge is -2.04. The highest BCUT2D eigenvalue weighted by Gasteiger charge is 2.10. The number of urea groups is 1. The van der Waals surface area contributed by atoms with Gasteiger partial charge in [0.05, 0.1) is 4.92 Å². The van der Waals surface area contributed by atoms with E-state index in [4.69, 9.17) is 0 Å². The van der Waals surface area contributed by atoms with E-state index in [2.05, 4.69) is 15.6 Å². The third kappa shape index (κ3) is 3.83. The average molecular weight is 306 g/mol. The maximum absolute atomic E-state index is 11.7. The SMILES string of the molecule is CC(=O)c1csc(NC(=O)Nc2ccc([N+](=O)[O-])cc2)n1. The number of aromatic nitrogens is 1. The Morgan fingerprint density at radius 2 is 1.90 bits per heavy atom. The number of Topliss-reactive ketones (excluding diaryl/α,β-unsaturated/α-hetero) is 1. The number of ketones is 1. The second-order valence-corrected chi connectivity index (χ2v) is 4.84. The van der Waals surface area contributed by atoms with Crippen molar-refractivity contribution in [2.24, 2.45) is 0 Å². The fourth-order valence-electron chi connectivity index (χ4n) is 1.42. The summed E-state index contributed by atoms with van der Waals surface area (Å²) in [5.41, 5.74) is 0.624. The Morgan fingerprint density at radius 3 is 2.43 bits per heavy atom. The number of nitro benzene ring substituents is 1. The molecule has 2 aromatic rings. The number of nitrogens with one attached hydrogen (secondary N) is 2. The summed E-state index contributed by atoms with van der Waals surface area (Å²) in [6.07, 6.45) is 0. The van der Waals surface area contributed by atoms with E-state index in [1.54, 1.807) is 5.38 Å². The molecule has 0 aliphatic carbocycles. The van der Waals surface area contributed by atoms with E-state index in [1.165, 1.54) is 31.2 Å². The standard InChI is InChI=1S/C12H10N4O4S/c1-7(17)10-6-21-12(14-10)15-11(18)13-8-2-4-9(5-3-8)16(19)20/h2-6H,1H3,(H2,13,14,15,18). The monoisotopic (exact) mass is 306 g/mol. The number of nitro groups is 1. The molecule has 0 aliphatic heterocycles. The largest absolute Gasteiger partial charge is 0.325 e. The molecule has 2 amide bonds. The highest BCUT2D eigenvalue weighted by Crippen LogP contribution is 2.18. The van der Waals surface area contributed by atoms with Gasteiger partial charge in [0.15, 0.2) is 10.9 Å². The number of rotatable bonds is 4. The summed E-state index contributed by atoms with van der Waals surface area (Å²) in [6, 6.07) is 4.86. The molecule has 2 rings (SSSR count). The molecule has 1 aromatic heterocycles. The van der Waals surface area contributed by atoms with Crippen LogP contribution in [-0.4, -0.2) is 21.7 Å². The first-order chi connectivity index (χ1) is 9.95. The molecule has 108 valence electrons. The molecule has 0 fully saturated rings. The minimum Gasteiger partial charge on any atom is -0.308 e. The van der Waals surface area contributed by atoms with Gasteiger partial charge in [-0.3, -0.25) is 20.2 Å². The van der Waals surface area contributed by atoms with Gasteiger partial charge in [-0.2, -0.15) is 0 Å². The Labute approximate surface area is 123 Å². The van der Waals surface area contributed by atoms with E-state index in [9.17, 15) is 19.7 Å². The number of amides is 2. The van der Waals surface area contributed by atoms with Crippen molar-refractivity contribution in [3.8, 4) is 0 Å². The van der Waals surface area contributed by atoms with Crippen LogP contribution in [-0.2, 0) is 0 Å². The molecule has 0 bridgehead atoms. The van der Waals surface area contributed by atoms with E-state index < -0.39 is 11.0 Å². The molecule has 1 aromatic carbocycles. The second-order valence-electron chi connectivity index (χ2n) is 3.98. The number of nitrogens with zero attached hydrogens (tertiary/aromatic N) is 2. The molecule has 0 saturated carbocycles. The summed E-state index contributed by atoms with van der Waals surface area (Å²) < 4.78 is 0. The maximum Gasteiger partial charge on any atom is 0.325 e. The fourth-order valence-corrected chi connectivity index (χ4v) is 2.16. The van der Waals surface area contributed by atoms with Gasteiger partial charge in [-0.05, 0) is 12.1 Å². The van der Waals surface area contributed by atoms with Gasteiger partial charge in [0.25, 0.3) is 5.69 Å². The van der Waals surface area contributed by atoms with E-state index in [0.29, 0.717) is 10.8 Å². The third-order valence-corrected chi connectivity index (χ3v) is 3.18. The first-order valence-electron chi connectivity index (χ1n) is 5.74. The number of non-ortho nitro benzene ring substituents is 1. The van der Waals surface area contributed by atoms with E-state index >= 15 is 0 Å². The zero-order valence-corrected chi connectivity index (χ0v) is 11.6. The number of thiazole rings is 1. The molecule has 0 aliphatic rings. The molecule has 0 radical (unpaired) electrons. The Morgan fingerprint density at radius 1 is 1.24 bits per heavy atom. The molecule has 0 spiro atoms. The van der Waals surface area contributed by atoms with Crippen molar-refractivity contribution in [3.63, 3.8) is 0 Å². The summed E-state index contributed by atoms with van der Waals surface area (Å²) in [4.78, 5) is 36.7. The maximum atomic E-state index is 11.7. The lowest BCUT2D eigenvalue weighted by atomic mass is 10.3. The van der Waals surface area contributed by atoms with Gasteiger partial charge in [-0.15, -0.1) is 11.3 Å². The second kappa shape index (κ2) is 6.09. The van der Waals surface area contributed by atoms with Gasteiger partial charge in [0, 0.05) is 30.1 Å². The van der Waals surface area contributed by atoms with Crippen molar-refractivity contribution < 1.29 is 14.5 Å². The number of anilines is 2. The highest BCUT2D eigenvalue weighted by atomic mass is 32.1. The Kier molecular flexibility index (Phi) is 4.24. The normalized spacial score (nSPS) is 9.95. The van der Waals surface area contributed by atoms with Crippen molar-refractivity contribution in [3.05, 3.63) is 45.5 Å².